The van der Waals surface area contributed by atoms with E-state index in [1.54, 1.807) is 42.9 Å². The highest BCUT2D eigenvalue weighted by molar-refractivity contribution is 7.89. The molecule has 0 bridgehead atoms. The summed E-state index contributed by atoms with van der Waals surface area (Å²) in [5.41, 5.74) is 1.91. The van der Waals surface area contributed by atoms with Crippen LogP contribution in [0.3, 0.4) is 0 Å². The van der Waals surface area contributed by atoms with E-state index in [0.29, 0.717) is 17.3 Å². The van der Waals surface area contributed by atoms with E-state index < -0.39 is 26.6 Å². The molecule has 5 nitrogen and oxygen atoms in total. The first-order chi connectivity index (χ1) is 12.0. The summed E-state index contributed by atoms with van der Waals surface area (Å²) in [4.78, 5) is 7.80. The molecule has 0 radical (unpaired) electrons. The third-order valence-electron chi connectivity index (χ3n) is 3.43. The molecule has 3 aromatic rings. The van der Waals surface area contributed by atoms with Gasteiger partial charge in [-0.2, -0.15) is 0 Å². The maximum atomic E-state index is 13.3. The molecule has 2 aromatic heterocycles. The zero-order chi connectivity index (χ0) is 17.9. The van der Waals surface area contributed by atoms with Gasteiger partial charge in [0, 0.05) is 36.8 Å². The van der Waals surface area contributed by atoms with E-state index >= 15 is 0 Å². The van der Waals surface area contributed by atoms with E-state index in [4.69, 9.17) is 0 Å². The molecular formula is C17H13F2N3O2S. The van der Waals surface area contributed by atoms with Crippen LogP contribution in [0.5, 0.6) is 0 Å². The molecule has 0 saturated heterocycles. The first-order valence-corrected chi connectivity index (χ1v) is 8.74. The van der Waals surface area contributed by atoms with Crippen molar-refractivity contribution in [2.45, 2.75) is 11.4 Å². The van der Waals surface area contributed by atoms with Crippen molar-refractivity contribution >= 4 is 10.0 Å². The van der Waals surface area contributed by atoms with Gasteiger partial charge in [0.15, 0.2) is 0 Å². The Hall–Kier alpha value is -2.71. The molecule has 0 aliphatic heterocycles. The van der Waals surface area contributed by atoms with Crippen molar-refractivity contribution in [3.05, 3.63) is 78.3 Å². The summed E-state index contributed by atoms with van der Waals surface area (Å²) in [6.07, 6.45) is 4.82. The van der Waals surface area contributed by atoms with Crippen molar-refractivity contribution in [1.82, 2.24) is 14.7 Å². The summed E-state index contributed by atoms with van der Waals surface area (Å²) in [6, 6.07) is 9.06. The van der Waals surface area contributed by atoms with Gasteiger partial charge in [0.05, 0.1) is 10.6 Å². The van der Waals surface area contributed by atoms with E-state index in [9.17, 15) is 17.2 Å². The van der Waals surface area contributed by atoms with E-state index in [1.807, 2.05) is 0 Å². The van der Waals surface area contributed by atoms with Crippen LogP contribution < -0.4 is 4.72 Å². The van der Waals surface area contributed by atoms with Gasteiger partial charge in [-0.1, -0.05) is 6.07 Å². The average Bonchev–Trinajstić information content (AvgIpc) is 2.60. The lowest BCUT2D eigenvalue weighted by atomic mass is 10.1. The number of hydrogen-bond acceptors (Lipinski definition) is 4. The highest BCUT2D eigenvalue weighted by Crippen LogP contribution is 2.21. The molecule has 0 saturated carbocycles. The largest absolute Gasteiger partial charge is 0.264 e. The van der Waals surface area contributed by atoms with Gasteiger partial charge in [0.2, 0.25) is 10.0 Å². The van der Waals surface area contributed by atoms with Gasteiger partial charge in [-0.25, -0.2) is 21.9 Å². The predicted molar refractivity (Wildman–Crippen MR) is 87.9 cm³/mol. The van der Waals surface area contributed by atoms with Crippen molar-refractivity contribution in [3.8, 4) is 11.3 Å². The molecule has 8 heteroatoms. The van der Waals surface area contributed by atoms with Gasteiger partial charge in [0.1, 0.15) is 11.6 Å². The Kier molecular flexibility index (Phi) is 4.82. The van der Waals surface area contributed by atoms with Gasteiger partial charge >= 0.3 is 0 Å². The van der Waals surface area contributed by atoms with Gasteiger partial charge in [0.25, 0.3) is 0 Å². The molecule has 0 unspecified atom stereocenters. The zero-order valence-electron chi connectivity index (χ0n) is 12.9. The SMILES string of the molecule is O=S(=O)(NCc1cccnc1-c1cccnc1)c1cc(F)cc(F)c1. The number of sulfonamides is 1. The summed E-state index contributed by atoms with van der Waals surface area (Å²) < 4.78 is 53.4. The standard InChI is InChI=1S/C17H13F2N3O2S/c18-14-7-15(19)9-16(8-14)25(23,24)22-11-13-4-2-6-21-17(13)12-3-1-5-20-10-12/h1-10,22H,11H2. The molecule has 128 valence electrons. The Balaban J connectivity index is 1.87. The quantitative estimate of drug-likeness (QED) is 0.758. The lowest BCUT2D eigenvalue weighted by Gasteiger charge is -2.10. The summed E-state index contributed by atoms with van der Waals surface area (Å²) in [6.45, 7) is -0.0848. The van der Waals surface area contributed by atoms with Crippen molar-refractivity contribution in [2.75, 3.05) is 0 Å². The third kappa shape index (κ3) is 4.04. The summed E-state index contributed by atoms with van der Waals surface area (Å²) in [5, 5.41) is 0. The number of nitrogens with zero attached hydrogens (tertiary/aromatic N) is 2. The highest BCUT2D eigenvalue weighted by atomic mass is 32.2. The maximum absolute atomic E-state index is 13.3. The van der Waals surface area contributed by atoms with E-state index in [2.05, 4.69) is 14.7 Å². The topological polar surface area (TPSA) is 72.0 Å². The van der Waals surface area contributed by atoms with Gasteiger partial charge in [-0.05, 0) is 35.9 Å². The molecule has 0 spiro atoms. The Morgan fingerprint density at radius 1 is 1.00 bits per heavy atom. The normalized spacial score (nSPS) is 11.4. The fourth-order valence-corrected chi connectivity index (χ4v) is 3.33. The number of aromatic nitrogens is 2. The number of benzene rings is 1. The van der Waals surface area contributed by atoms with Crippen LogP contribution in [-0.2, 0) is 16.6 Å². The highest BCUT2D eigenvalue weighted by Gasteiger charge is 2.17. The Morgan fingerprint density at radius 2 is 1.72 bits per heavy atom. The van der Waals surface area contributed by atoms with Crippen LogP contribution in [0.15, 0.2) is 66.0 Å². The molecule has 0 amide bonds. The average molecular weight is 361 g/mol. The molecule has 0 aliphatic carbocycles. The van der Waals surface area contributed by atoms with Crippen LogP contribution in [0.4, 0.5) is 8.78 Å². The predicted octanol–water partition coefficient (Wildman–Crippen LogP) is 2.90. The Bertz CT molecular complexity index is 976. The third-order valence-corrected chi connectivity index (χ3v) is 4.81. The van der Waals surface area contributed by atoms with Crippen molar-refractivity contribution in [2.24, 2.45) is 0 Å². The number of rotatable bonds is 5. The molecule has 25 heavy (non-hydrogen) atoms. The minimum atomic E-state index is -4.08. The molecule has 0 atom stereocenters. The molecule has 0 aliphatic rings. The molecule has 3 rings (SSSR count). The van der Waals surface area contributed by atoms with E-state index in [0.717, 1.165) is 17.7 Å². The van der Waals surface area contributed by atoms with Gasteiger partial charge in [-0.15, -0.1) is 0 Å². The minimum absolute atomic E-state index is 0.0848. The summed E-state index contributed by atoms with van der Waals surface area (Å²) in [5.74, 6) is -1.92. The monoisotopic (exact) mass is 361 g/mol. The molecule has 1 N–H and O–H groups in total. The van der Waals surface area contributed by atoms with Crippen molar-refractivity contribution < 1.29 is 17.2 Å². The minimum Gasteiger partial charge on any atom is -0.264 e. The molecule has 0 fully saturated rings. The van der Waals surface area contributed by atoms with Crippen LogP contribution in [0.1, 0.15) is 5.56 Å². The van der Waals surface area contributed by atoms with Crippen LogP contribution in [0.2, 0.25) is 0 Å². The second-order valence-electron chi connectivity index (χ2n) is 5.18. The van der Waals surface area contributed by atoms with E-state index in [-0.39, 0.29) is 6.54 Å². The first-order valence-electron chi connectivity index (χ1n) is 7.26. The van der Waals surface area contributed by atoms with Crippen molar-refractivity contribution in [3.63, 3.8) is 0 Å². The summed E-state index contributed by atoms with van der Waals surface area (Å²) >= 11 is 0. The zero-order valence-corrected chi connectivity index (χ0v) is 13.7. The van der Waals surface area contributed by atoms with Crippen LogP contribution >= 0.6 is 0 Å². The number of halogens is 2. The van der Waals surface area contributed by atoms with Crippen LogP contribution in [0, 0.1) is 11.6 Å². The number of hydrogen-bond donors (Lipinski definition) is 1. The molecule has 1 aromatic carbocycles. The fraction of sp³-hybridized carbons (Fsp3) is 0.0588. The van der Waals surface area contributed by atoms with Crippen LogP contribution in [-0.4, -0.2) is 18.4 Å². The van der Waals surface area contributed by atoms with Crippen molar-refractivity contribution in [1.29, 1.82) is 0 Å². The smallest absolute Gasteiger partial charge is 0.241 e. The second-order valence-corrected chi connectivity index (χ2v) is 6.95. The Labute approximate surface area is 143 Å². The number of nitrogens with one attached hydrogen (secondary N) is 1. The molecule has 2 heterocycles. The van der Waals surface area contributed by atoms with Crippen LogP contribution in [0.25, 0.3) is 11.3 Å². The van der Waals surface area contributed by atoms with Gasteiger partial charge < -0.3 is 0 Å². The lowest BCUT2D eigenvalue weighted by molar-refractivity contribution is 0.561. The maximum Gasteiger partial charge on any atom is 0.241 e. The fourth-order valence-electron chi connectivity index (χ4n) is 2.28. The first kappa shape index (κ1) is 17.1. The lowest BCUT2D eigenvalue weighted by Crippen LogP contribution is -2.24. The molecular weight excluding hydrogens is 348 g/mol. The van der Waals surface area contributed by atoms with E-state index in [1.165, 1.54) is 0 Å². The van der Waals surface area contributed by atoms with Gasteiger partial charge in [-0.3, -0.25) is 9.97 Å². The second kappa shape index (κ2) is 7.04. The Morgan fingerprint density at radius 3 is 2.40 bits per heavy atom. The number of pyridine rings is 2. The summed E-state index contributed by atoms with van der Waals surface area (Å²) in [7, 11) is -4.08.